The second-order valence-electron chi connectivity index (χ2n) is 7.02. The molecule has 0 atom stereocenters. The van der Waals surface area contributed by atoms with Crippen molar-refractivity contribution in [2.24, 2.45) is 0 Å². The van der Waals surface area contributed by atoms with Gasteiger partial charge in [0.1, 0.15) is 20.6 Å². The Morgan fingerprint density at radius 3 is 2.50 bits per heavy atom. The smallest absolute Gasteiger partial charge is 0.433 e. The number of amides is 1. The number of thiophene rings is 1. The van der Waals surface area contributed by atoms with Gasteiger partial charge >= 0.3 is 18.1 Å². The number of aryl methyl sites for hydroxylation is 1. The number of rotatable bonds is 6. The number of hydrogen-bond donors (Lipinski definition) is 1. The van der Waals surface area contributed by atoms with E-state index in [4.69, 9.17) is 21.1 Å². The van der Waals surface area contributed by atoms with Crippen LogP contribution in [0.25, 0.3) is 5.65 Å². The van der Waals surface area contributed by atoms with E-state index >= 15 is 0 Å². The lowest BCUT2D eigenvalue weighted by atomic mass is 10.1. The van der Waals surface area contributed by atoms with Crippen LogP contribution >= 0.6 is 22.9 Å². The van der Waals surface area contributed by atoms with E-state index < -0.39 is 40.4 Å². The molecule has 0 saturated carbocycles. The lowest BCUT2D eigenvalue weighted by molar-refractivity contribution is -0.142. The normalized spacial score (nSPS) is 11.5. The highest BCUT2D eigenvalue weighted by Crippen LogP contribution is 2.36. The molecule has 1 N–H and O–H groups in total. The molecule has 1 amide bonds. The van der Waals surface area contributed by atoms with Crippen LogP contribution in [0.15, 0.2) is 6.07 Å². The summed E-state index contributed by atoms with van der Waals surface area (Å²) >= 11 is 6.90. The maximum atomic E-state index is 13.5. The van der Waals surface area contributed by atoms with Gasteiger partial charge in [0.05, 0.1) is 19.3 Å². The number of carbonyl (C=O) groups excluding carboxylic acids is 3. The zero-order valence-electron chi connectivity index (χ0n) is 18.3. The van der Waals surface area contributed by atoms with Gasteiger partial charge in [-0.3, -0.25) is 4.79 Å². The molecule has 182 valence electrons. The summed E-state index contributed by atoms with van der Waals surface area (Å²) in [6.45, 7) is 4.70. The molecule has 0 spiro atoms. The lowest BCUT2D eigenvalue weighted by Crippen LogP contribution is -2.17. The topological polar surface area (TPSA) is 112 Å². The van der Waals surface area contributed by atoms with E-state index in [0.29, 0.717) is 10.9 Å². The van der Waals surface area contributed by atoms with Gasteiger partial charge in [0.2, 0.25) is 0 Å². The SMILES string of the molecule is CCCOC(=O)c1c(NC(=O)c2nn3c(C(F)(F)F)cc(C)nc3c2Cl)sc(C(=O)OC)c1C. The number of alkyl halides is 3. The molecule has 0 fully saturated rings. The Balaban J connectivity index is 2.08. The summed E-state index contributed by atoms with van der Waals surface area (Å²) in [6, 6.07) is 0.769. The third-order valence-corrected chi connectivity index (χ3v) is 6.09. The summed E-state index contributed by atoms with van der Waals surface area (Å²) in [5, 5.41) is 5.62. The van der Waals surface area contributed by atoms with E-state index in [-0.39, 0.29) is 39.0 Å². The minimum atomic E-state index is -4.79. The van der Waals surface area contributed by atoms with E-state index in [1.807, 2.05) is 0 Å². The maximum absolute atomic E-state index is 13.5. The average molecular weight is 519 g/mol. The number of aromatic nitrogens is 3. The average Bonchev–Trinajstić information content (AvgIpc) is 3.27. The van der Waals surface area contributed by atoms with Crippen molar-refractivity contribution < 1.29 is 37.0 Å². The molecule has 0 bridgehead atoms. The lowest BCUT2D eigenvalue weighted by Gasteiger charge is -2.09. The first-order valence-corrected chi connectivity index (χ1v) is 10.9. The van der Waals surface area contributed by atoms with Gasteiger partial charge in [0.25, 0.3) is 5.91 Å². The Labute approximate surface area is 199 Å². The number of halogens is 4. The van der Waals surface area contributed by atoms with Gasteiger partial charge in [-0.05, 0) is 31.9 Å². The van der Waals surface area contributed by atoms with Gasteiger partial charge in [-0.15, -0.1) is 11.3 Å². The maximum Gasteiger partial charge on any atom is 0.433 e. The van der Waals surface area contributed by atoms with Crippen molar-refractivity contribution >= 4 is 51.4 Å². The van der Waals surface area contributed by atoms with Crippen LogP contribution in [0.2, 0.25) is 5.02 Å². The van der Waals surface area contributed by atoms with Crippen molar-refractivity contribution in [1.82, 2.24) is 14.6 Å². The van der Waals surface area contributed by atoms with Crippen LogP contribution in [0.3, 0.4) is 0 Å². The van der Waals surface area contributed by atoms with Crippen molar-refractivity contribution in [2.75, 3.05) is 19.0 Å². The second-order valence-corrected chi connectivity index (χ2v) is 8.42. The highest BCUT2D eigenvalue weighted by molar-refractivity contribution is 7.18. The Bertz CT molecular complexity index is 1300. The van der Waals surface area contributed by atoms with Gasteiger partial charge in [-0.1, -0.05) is 18.5 Å². The largest absolute Gasteiger partial charge is 0.465 e. The minimum Gasteiger partial charge on any atom is -0.465 e. The molecule has 3 aromatic rings. The monoisotopic (exact) mass is 518 g/mol. The number of carbonyl (C=O) groups is 3. The molecule has 3 aromatic heterocycles. The summed E-state index contributed by atoms with van der Waals surface area (Å²) in [5.74, 6) is -2.55. The number of nitrogens with one attached hydrogen (secondary N) is 1. The molecule has 34 heavy (non-hydrogen) atoms. The molecule has 9 nitrogen and oxygen atoms in total. The van der Waals surface area contributed by atoms with E-state index in [2.05, 4.69) is 15.4 Å². The van der Waals surface area contributed by atoms with E-state index in [9.17, 15) is 27.6 Å². The number of fused-ring (bicyclic) bond motifs is 1. The highest BCUT2D eigenvalue weighted by atomic mass is 35.5. The Kier molecular flexibility index (Phi) is 7.17. The zero-order chi connectivity index (χ0) is 25.4. The van der Waals surface area contributed by atoms with Crippen molar-refractivity contribution in [3.63, 3.8) is 0 Å². The zero-order valence-corrected chi connectivity index (χ0v) is 19.9. The molecule has 0 aliphatic rings. The van der Waals surface area contributed by atoms with Crippen LogP contribution < -0.4 is 5.32 Å². The Hall–Kier alpha value is -3.19. The number of methoxy groups -OCH3 is 1. The summed E-state index contributed by atoms with van der Waals surface area (Å²) < 4.78 is 50.7. The van der Waals surface area contributed by atoms with Crippen LogP contribution in [-0.2, 0) is 15.7 Å². The molecule has 14 heteroatoms. The summed E-state index contributed by atoms with van der Waals surface area (Å²) in [6.07, 6.45) is -4.25. The Morgan fingerprint density at radius 1 is 1.24 bits per heavy atom. The quantitative estimate of drug-likeness (QED) is 0.471. The molecular weight excluding hydrogens is 501 g/mol. The van der Waals surface area contributed by atoms with Crippen molar-refractivity contribution in [1.29, 1.82) is 0 Å². The van der Waals surface area contributed by atoms with Crippen LogP contribution in [0.5, 0.6) is 0 Å². The molecule has 0 aliphatic carbocycles. The number of hydrogen-bond acceptors (Lipinski definition) is 8. The van der Waals surface area contributed by atoms with Gasteiger partial charge in [-0.2, -0.15) is 18.3 Å². The first-order chi connectivity index (χ1) is 15.9. The molecule has 3 rings (SSSR count). The number of ether oxygens (including phenoxy) is 2. The molecule has 0 unspecified atom stereocenters. The summed E-state index contributed by atoms with van der Waals surface area (Å²) in [4.78, 5) is 41.6. The Morgan fingerprint density at radius 2 is 1.91 bits per heavy atom. The van der Waals surface area contributed by atoms with E-state index in [1.54, 1.807) is 6.92 Å². The van der Waals surface area contributed by atoms with Gasteiger partial charge in [-0.25, -0.2) is 19.1 Å². The predicted octanol–water partition coefficient (Wildman–Crippen LogP) is 4.69. The third kappa shape index (κ3) is 4.71. The highest BCUT2D eigenvalue weighted by Gasteiger charge is 2.36. The van der Waals surface area contributed by atoms with Crippen LogP contribution in [0.4, 0.5) is 18.2 Å². The predicted molar refractivity (Wildman–Crippen MR) is 117 cm³/mol. The van der Waals surface area contributed by atoms with E-state index in [1.165, 1.54) is 13.8 Å². The molecular formula is C20H18ClF3N4O5S. The van der Waals surface area contributed by atoms with Crippen LogP contribution in [0.1, 0.15) is 60.8 Å². The number of anilines is 1. The minimum absolute atomic E-state index is 0.0196. The van der Waals surface area contributed by atoms with Crippen LogP contribution in [0, 0.1) is 13.8 Å². The summed E-state index contributed by atoms with van der Waals surface area (Å²) in [5.41, 5.74) is -1.93. The first kappa shape index (κ1) is 25.4. The summed E-state index contributed by atoms with van der Waals surface area (Å²) in [7, 11) is 1.15. The molecule has 0 aromatic carbocycles. The van der Waals surface area contributed by atoms with Gasteiger partial charge in [0, 0.05) is 5.69 Å². The van der Waals surface area contributed by atoms with Crippen molar-refractivity contribution in [2.45, 2.75) is 33.4 Å². The standard InChI is InChI=1S/C20H18ClF3N4O5S/c1-5-6-33-18(30)11-9(3)14(19(31)32-4)34-17(11)26-16(29)13-12(21)15-25-8(2)7-10(20(22,23)24)28(15)27-13/h7H,5-6H2,1-4H3,(H,26,29). The third-order valence-electron chi connectivity index (χ3n) is 4.55. The molecule has 0 aliphatic heterocycles. The van der Waals surface area contributed by atoms with Crippen LogP contribution in [-0.4, -0.2) is 46.2 Å². The fourth-order valence-electron chi connectivity index (χ4n) is 3.02. The molecule has 3 heterocycles. The molecule has 0 radical (unpaired) electrons. The first-order valence-electron chi connectivity index (χ1n) is 9.73. The second kappa shape index (κ2) is 9.58. The van der Waals surface area contributed by atoms with Gasteiger partial charge < -0.3 is 14.8 Å². The fourth-order valence-corrected chi connectivity index (χ4v) is 4.38. The number of esters is 2. The van der Waals surface area contributed by atoms with Gasteiger partial charge in [0.15, 0.2) is 11.3 Å². The molecule has 0 saturated heterocycles. The van der Waals surface area contributed by atoms with Crippen molar-refractivity contribution in [3.05, 3.63) is 44.2 Å². The van der Waals surface area contributed by atoms with Crippen molar-refractivity contribution in [3.8, 4) is 0 Å². The number of nitrogens with zero attached hydrogens (tertiary/aromatic N) is 3. The fraction of sp³-hybridized carbons (Fsp3) is 0.350. The van der Waals surface area contributed by atoms with E-state index in [0.717, 1.165) is 24.5 Å².